The second kappa shape index (κ2) is 6.71. The number of nitrogens with zero attached hydrogens (tertiary/aromatic N) is 1. The molecule has 0 radical (unpaired) electrons. The number of primary amides is 1. The molecule has 0 aliphatic carbocycles. The Bertz CT molecular complexity index is 564. The van der Waals surface area contributed by atoms with Crippen molar-refractivity contribution in [3.05, 3.63) is 24.3 Å². The Kier molecular flexibility index (Phi) is 5.28. The van der Waals surface area contributed by atoms with Crippen LogP contribution in [0.25, 0.3) is 0 Å². The SMILES string of the molecule is CC1(C)OB(c2cccc(N(CCCCl)C(N)=O)c2)OC1(C)C. The van der Waals surface area contributed by atoms with Crippen LogP contribution >= 0.6 is 11.6 Å². The molecule has 2 rings (SSSR count). The van der Waals surface area contributed by atoms with E-state index in [1.807, 2.05) is 52.0 Å². The molecule has 2 N–H and O–H groups in total. The number of halogens is 1. The minimum Gasteiger partial charge on any atom is -0.399 e. The standard InChI is InChI=1S/C16H24BClN2O3/c1-15(2)16(3,4)23-17(22-15)12-7-5-8-13(11-12)20(14(19)21)10-6-9-18/h5,7-8,11H,6,9-10H2,1-4H3,(H2,19,21). The van der Waals surface area contributed by atoms with E-state index in [9.17, 15) is 4.79 Å². The maximum Gasteiger partial charge on any atom is 0.494 e. The Hall–Kier alpha value is -1.24. The number of carbonyl (C=O) groups is 1. The number of urea groups is 1. The third kappa shape index (κ3) is 3.82. The number of nitrogens with two attached hydrogens (primary N) is 1. The first-order valence-electron chi connectivity index (χ1n) is 7.76. The molecule has 0 atom stereocenters. The van der Waals surface area contributed by atoms with Crippen LogP contribution in [0.4, 0.5) is 10.5 Å². The van der Waals surface area contributed by atoms with Gasteiger partial charge in [-0.05, 0) is 51.7 Å². The molecule has 126 valence electrons. The topological polar surface area (TPSA) is 64.8 Å². The van der Waals surface area contributed by atoms with Crippen molar-refractivity contribution in [2.75, 3.05) is 17.3 Å². The van der Waals surface area contributed by atoms with Gasteiger partial charge in [-0.3, -0.25) is 4.90 Å². The zero-order valence-corrected chi connectivity index (χ0v) is 14.9. The predicted molar refractivity (Wildman–Crippen MR) is 94.4 cm³/mol. The lowest BCUT2D eigenvalue weighted by atomic mass is 9.79. The number of alkyl halides is 1. The van der Waals surface area contributed by atoms with Gasteiger partial charge in [-0.25, -0.2) is 4.79 Å². The fraction of sp³-hybridized carbons (Fsp3) is 0.562. The third-order valence-electron chi connectivity index (χ3n) is 4.49. The van der Waals surface area contributed by atoms with E-state index >= 15 is 0 Å². The Morgan fingerprint density at radius 2 is 1.87 bits per heavy atom. The molecule has 0 bridgehead atoms. The van der Waals surface area contributed by atoms with Gasteiger partial charge in [-0.15, -0.1) is 11.6 Å². The van der Waals surface area contributed by atoms with Gasteiger partial charge < -0.3 is 15.0 Å². The van der Waals surface area contributed by atoms with Gasteiger partial charge in [0.2, 0.25) is 0 Å². The van der Waals surface area contributed by atoms with Crippen LogP contribution in [0, 0.1) is 0 Å². The second-order valence-electron chi connectivity index (χ2n) is 6.72. The second-order valence-corrected chi connectivity index (χ2v) is 7.09. The average molecular weight is 339 g/mol. The molecule has 0 spiro atoms. The van der Waals surface area contributed by atoms with Gasteiger partial charge in [-0.2, -0.15) is 0 Å². The molecule has 5 nitrogen and oxygen atoms in total. The Morgan fingerprint density at radius 3 is 2.39 bits per heavy atom. The van der Waals surface area contributed by atoms with Crippen LogP contribution in [0.3, 0.4) is 0 Å². The van der Waals surface area contributed by atoms with Crippen molar-refractivity contribution in [2.24, 2.45) is 5.73 Å². The summed E-state index contributed by atoms with van der Waals surface area (Å²) >= 11 is 5.72. The van der Waals surface area contributed by atoms with E-state index in [2.05, 4.69) is 0 Å². The molecule has 0 saturated carbocycles. The van der Waals surface area contributed by atoms with Crippen LogP contribution in [0.5, 0.6) is 0 Å². The summed E-state index contributed by atoms with van der Waals surface area (Å²) in [5.74, 6) is 0.473. The van der Waals surface area contributed by atoms with Crippen molar-refractivity contribution in [3.63, 3.8) is 0 Å². The fourth-order valence-corrected chi connectivity index (χ4v) is 2.52. The molecule has 23 heavy (non-hydrogen) atoms. The molecule has 1 aromatic rings. The van der Waals surface area contributed by atoms with Crippen molar-refractivity contribution < 1.29 is 14.1 Å². The highest BCUT2D eigenvalue weighted by molar-refractivity contribution is 6.62. The molecule has 2 amide bonds. The predicted octanol–water partition coefficient (Wildman–Crippen LogP) is 2.50. The summed E-state index contributed by atoms with van der Waals surface area (Å²) in [6.07, 6.45) is 0.672. The summed E-state index contributed by atoms with van der Waals surface area (Å²) in [7, 11) is -0.470. The van der Waals surface area contributed by atoms with Gasteiger partial charge in [0.15, 0.2) is 0 Å². The highest BCUT2D eigenvalue weighted by atomic mass is 35.5. The molecule has 7 heteroatoms. The quantitative estimate of drug-likeness (QED) is 0.662. The zero-order chi connectivity index (χ0) is 17.3. The number of hydrogen-bond acceptors (Lipinski definition) is 3. The van der Waals surface area contributed by atoms with Crippen LogP contribution in [0.1, 0.15) is 34.1 Å². The molecular weight excluding hydrogens is 314 g/mol. The third-order valence-corrected chi connectivity index (χ3v) is 4.76. The smallest absolute Gasteiger partial charge is 0.399 e. The summed E-state index contributed by atoms with van der Waals surface area (Å²) in [6.45, 7) is 8.51. The fourth-order valence-electron chi connectivity index (χ4n) is 2.40. The van der Waals surface area contributed by atoms with Crippen LogP contribution in [-0.2, 0) is 9.31 Å². The molecule has 1 heterocycles. The van der Waals surface area contributed by atoms with E-state index < -0.39 is 24.4 Å². The van der Waals surface area contributed by atoms with Crippen LogP contribution < -0.4 is 16.1 Å². The number of benzene rings is 1. The molecule has 1 aromatic carbocycles. The maximum atomic E-state index is 11.7. The summed E-state index contributed by atoms with van der Waals surface area (Å²) < 4.78 is 12.1. The molecule has 1 aliphatic rings. The number of anilines is 1. The van der Waals surface area contributed by atoms with Crippen molar-refractivity contribution in [2.45, 2.75) is 45.3 Å². The molecule has 0 unspecified atom stereocenters. The molecule has 1 fully saturated rings. The summed E-state index contributed by atoms with van der Waals surface area (Å²) in [5, 5.41) is 0. The van der Waals surface area contributed by atoms with E-state index in [1.54, 1.807) is 0 Å². The Labute approximate surface area is 143 Å². The Balaban J connectivity index is 2.25. The van der Waals surface area contributed by atoms with Gasteiger partial charge in [0.05, 0.1) is 11.2 Å². The molecule has 1 aliphatic heterocycles. The lowest BCUT2D eigenvalue weighted by molar-refractivity contribution is 0.00578. The highest BCUT2D eigenvalue weighted by Gasteiger charge is 2.51. The summed E-state index contributed by atoms with van der Waals surface area (Å²) in [6, 6.07) is 7.01. The van der Waals surface area contributed by atoms with Crippen LogP contribution in [-0.4, -0.2) is 36.8 Å². The maximum absolute atomic E-state index is 11.7. The molecule has 0 aromatic heterocycles. The van der Waals surface area contributed by atoms with Crippen LogP contribution in [0.15, 0.2) is 24.3 Å². The van der Waals surface area contributed by atoms with E-state index in [-0.39, 0.29) is 0 Å². The zero-order valence-electron chi connectivity index (χ0n) is 14.1. The first-order valence-corrected chi connectivity index (χ1v) is 8.30. The van der Waals surface area contributed by atoms with Crippen molar-refractivity contribution in [1.82, 2.24) is 0 Å². The first kappa shape index (κ1) is 18.1. The van der Waals surface area contributed by atoms with Crippen molar-refractivity contribution >= 4 is 35.9 Å². The van der Waals surface area contributed by atoms with Gasteiger partial charge in [0.1, 0.15) is 0 Å². The van der Waals surface area contributed by atoms with E-state index in [0.717, 1.165) is 11.2 Å². The number of rotatable bonds is 5. The lowest BCUT2D eigenvalue weighted by Gasteiger charge is -2.32. The summed E-state index contributed by atoms with van der Waals surface area (Å²) in [5.41, 5.74) is 6.24. The lowest BCUT2D eigenvalue weighted by Crippen LogP contribution is -2.41. The monoisotopic (exact) mass is 338 g/mol. The Morgan fingerprint density at radius 1 is 1.26 bits per heavy atom. The number of hydrogen-bond donors (Lipinski definition) is 1. The summed E-state index contributed by atoms with van der Waals surface area (Å²) in [4.78, 5) is 13.2. The number of carbonyl (C=O) groups excluding carboxylic acids is 1. The van der Waals surface area contributed by atoms with E-state index in [0.29, 0.717) is 18.8 Å². The minimum absolute atomic E-state index is 0.407. The van der Waals surface area contributed by atoms with Crippen molar-refractivity contribution in [1.29, 1.82) is 0 Å². The van der Waals surface area contributed by atoms with Gasteiger partial charge in [0.25, 0.3) is 0 Å². The van der Waals surface area contributed by atoms with Gasteiger partial charge >= 0.3 is 13.1 Å². The van der Waals surface area contributed by atoms with Crippen molar-refractivity contribution in [3.8, 4) is 0 Å². The first-order chi connectivity index (χ1) is 10.7. The molecular formula is C16H24BClN2O3. The van der Waals surface area contributed by atoms with E-state index in [4.69, 9.17) is 26.6 Å². The number of amides is 2. The normalized spacial score (nSPS) is 18.9. The van der Waals surface area contributed by atoms with Gasteiger partial charge in [0, 0.05) is 18.1 Å². The minimum atomic E-state index is -0.499. The highest BCUT2D eigenvalue weighted by Crippen LogP contribution is 2.36. The van der Waals surface area contributed by atoms with E-state index in [1.165, 1.54) is 4.90 Å². The molecule has 1 saturated heterocycles. The average Bonchev–Trinajstić information content (AvgIpc) is 2.68. The largest absolute Gasteiger partial charge is 0.494 e. The van der Waals surface area contributed by atoms with Gasteiger partial charge in [-0.1, -0.05) is 12.1 Å². The van der Waals surface area contributed by atoms with Crippen LogP contribution in [0.2, 0.25) is 0 Å².